The first kappa shape index (κ1) is 32.9. The summed E-state index contributed by atoms with van der Waals surface area (Å²) in [7, 11) is 1.75. The van der Waals surface area contributed by atoms with E-state index in [0.29, 0.717) is 10.6 Å². The van der Waals surface area contributed by atoms with E-state index in [-0.39, 0.29) is 5.02 Å². The van der Waals surface area contributed by atoms with Crippen LogP contribution in [0.5, 0.6) is 0 Å². The molecule has 1 aromatic carbocycles. The predicted octanol–water partition coefficient (Wildman–Crippen LogP) is 8.90. The number of piperidine rings is 1. The number of benzene rings is 1. The molecule has 1 aliphatic heterocycles. The maximum Gasteiger partial charge on any atom is 0.150 e. The standard InChI is InChI=1S/C22H25Cl2FN2O.C6H13N.C2H6/c1-6-16(17(7-2)13-26-5)12-20-14(3)10-11-27(20)28-15(4)21-18(23)8-9-19(25)22(21)24;1-6-2-4-7-5-3-6;1-2/h7-13,15H,6H2,1-5H3;6-7H,2-5H2,1H3;1-2H3/b16-12+,17-7+,26-13?;;. The minimum Gasteiger partial charge on any atom is -0.406 e. The third-order valence-corrected chi connectivity index (χ3v) is 6.84. The fraction of sp³-hybridized carbons (Fsp3) is 0.500. The summed E-state index contributed by atoms with van der Waals surface area (Å²) in [5, 5.41) is 3.66. The number of halogens is 3. The molecule has 4 nitrogen and oxygen atoms in total. The molecule has 1 N–H and O–H groups in total. The van der Waals surface area contributed by atoms with Gasteiger partial charge in [-0.1, -0.05) is 57.0 Å². The number of hydrogen-bond donors (Lipinski definition) is 1. The number of rotatable bonds is 7. The summed E-state index contributed by atoms with van der Waals surface area (Å²) in [5.41, 5.74) is 4.57. The minimum atomic E-state index is -0.543. The van der Waals surface area contributed by atoms with E-state index in [1.165, 1.54) is 38.1 Å². The highest BCUT2D eigenvalue weighted by Crippen LogP contribution is 2.33. The molecule has 0 spiro atoms. The molecule has 0 saturated carbocycles. The lowest BCUT2D eigenvalue weighted by Crippen LogP contribution is -2.26. The van der Waals surface area contributed by atoms with Crippen molar-refractivity contribution in [1.29, 1.82) is 0 Å². The SMILES string of the molecule is C/C=C(C=NC)/C(=C/c1c(C)ccn1OC(C)c1c(Cl)ccc(F)c1Cl)CC.CC.CC1CCNCC1. The minimum absolute atomic E-state index is 0.0226. The molecule has 2 aromatic rings. The lowest BCUT2D eigenvalue weighted by Gasteiger charge is -2.20. The fourth-order valence-electron chi connectivity index (χ4n) is 3.93. The zero-order valence-corrected chi connectivity index (χ0v) is 25.2. The number of aliphatic imine (C=N–C) groups is 1. The van der Waals surface area contributed by atoms with Gasteiger partial charge in [-0.25, -0.2) is 4.39 Å². The zero-order chi connectivity index (χ0) is 28.0. The summed E-state index contributed by atoms with van der Waals surface area (Å²) >= 11 is 12.4. The van der Waals surface area contributed by atoms with E-state index in [1.807, 2.05) is 52.2 Å². The fourth-order valence-corrected chi connectivity index (χ4v) is 4.61. The van der Waals surface area contributed by atoms with Crippen LogP contribution in [0.4, 0.5) is 4.39 Å². The molecule has 1 unspecified atom stereocenters. The smallest absolute Gasteiger partial charge is 0.150 e. The molecule has 206 valence electrons. The molecule has 7 heteroatoms. The Morgan fingerprint density at radius 2 is 1.89 bits per heavy atom. The van der Waals surface area contributed by atoms with Crippen LogP contribution in [0.25, 0.3) is 6.08 Å². The van der Waals surface area contributed by atoms with E-state index in [4.69, 9.17) is 28.0 Å². The normalized spacial score (nSPS) is 15.5. The quantitative estimate of drug-likeness (QED) is 0.212. The Balaban J connectivity index is 0.000000645. The maximum atomic E-state index is 13.9. The maximum absolute atomic E-state index is 13.9. The van der Waals surface area contributed by atoms with Crippen molar-refractivity contribution in [2.45, 2.75) is 73.8 Å². The first-order chi connectivity index (χ1) is 17.7. The van der Waals surface area contributed by atoms with Gasteiger partial charge in [-0.3, -0.25) is 4.99 Å². The number of allylic oxidation sites excluding steroid dienone is 3. The zero-order valence-electron chi connectivity index (χ0n) is 23.7. The molecule has 2 heterocycles. The Hall–Kier alpha value is -2.08. The number of nitrogens with zero attached hydrogens (tertiary/aromatic N) is 2. The molecular weight excluding hydrogens is 508 g/mol. The molecule has 37 heavy (non-hydrogen) atoms. The Labute approximate surface area is 233 Å². The summed E-state index contributed by atoms with van der Waals surface area (Å²) in [5.74, 6) is 0.450. The number of nitrogens with one attached hydrogen (secondary N) is 1. The van der Waals surface area contributed by atoms with Crippen LogP contribution in [0, 0.1) is 18.7 Å². The highest BCUT2D eigenvalue weighted by Gasteiger charge is 2.20. The van der Waals surface area contributed by atoms with E-state index >= 15 is 0 Å². The van der Waals surface area contributed by atoms with Gasteiger partial charge >= 0.3 is 0 Å². The van der Waals surface area contributed by atoms with Crippen molar-refractivity contribution < 1.29 is 9.23 Å². The monoisotopic (exact) mass is 551 g/mol. The van der Waals surface area contributed by atoms with Crippen LogP contribution < -0.4 is 10.2 Å². The van der Waals surface area contributed by atoms with Crippen LogP contribution in [0.3, 0.4) is 0 Å². The van der Waals surface area contributed by atoms with Gasteiger partial charge in [-0.2, -0.15) is 4.73 Å². The van der Waals surface area contributed by atoms with Crippen molar-refractivity contribution in [2.24, 2.45) is 10.9 Å². The van der Waals surface area contributed by atoms with Crippen molar-refractivity contribution in [1.82, 2.24) is 10.0 Å². The second-order valence-electron chi connectivity index (χ2n) is 8.80. The molecule has 0 radical (unpaired) electrons. The number of aryl methyl sites for hydroxylation is 1. The third-order valence-electron chi connectivity index (χ3n) is 6.13. The summed E-state index contributed by atoms with van der Waals surface area (Å²) in [6.07, 6.45) is 10.8. The molecule has 1 saturated heterocycles. The molecule has 1 fully saturated rings. The van der Waals surface area contributed by atoms with Gasteiger partial charge in [-0.05, 0) is 100 Å². The van der Waals surface area contributed by atoms with E-state index < -0.39 is 11.9 Å². The molecule has 0 aliphatic carbocycles. The van der Waals surface area contributed by atoms with Gasteiger partial charge in [0, 0.05) is 30.0 Å². The topological polar surface area (TPSA) is 38.5 Å². The van der Waals surface area contributed by atoms with Crippen molar-refractivity contribution in [3.63, 3.8) is 0 Å². The van der Waals surface area contributed by atoms with E-state index in [9.17, 15) is 4.39 Å². The summed E-state index contributed by atoms with van der Waals surface area (Å²) in [4.78, 5) is 10.2. The van der Waals surface area contributed by atoms with Crippen LogP contribution in [-0.2, 0) is 0 Å². The molecule has 1 aromatic heterocycles. The summed E-state index contributed by atoms with van der Waals surface area (Å²) < 4.78 is 15.5. The molecule has 3 rings (SSSR count). The van der Waals surface area contributed by atoms with Crippen LogP contribution in [0.2, 0.25) is 10.0 Å². The average Bonchev–Trinajstić information content (AvgIpc) is 3.24. The van der Waals surface area contributed by atoms with Gasteiger partial charge in [0.25, 0.3) is 0 Å². The Morgan fingerprint density at radius 1 is 1.24 bits per heavy atom. The summed E-state index contributed by atoms with van der Waals surface area (Å²) in [6.45, 7) is 16.7. The van der Waals surface area contributed by atoms with Gasteiger partial charge in [0.05, 0.1) is 10.7 Å². The third kappa shape index (κ3) is 9.96. The highest BCUT2D eigenvalue weighted by molar-refractivity contribution is 6.36. The number of aromatic nitrogens is 1. The largest absolute Gasteiger partial charge is 0.406 e. The van der Waals surface area contributed by atoms with E-state index in [0.717, 1.165) is 34.7 Å². The molecule has 0 amide bonds. The molecule has 1 aliphatic rings. The first-order valence-electron chi connectivity index (χ1n) is 13.2. The van der Waals surface area contributed by atoms with Gasteiger partial charge in [0.15, 0.2) is 6.10 Å². The van der Waals surface area contributed by atoms with Crippen LogP contribution >= 0.6 is 23.2 Å². The summed E-state index contributed by atoms with van der Waals surface area (Å²) in [6, 6.07) is 4.69. The Kier molecular flexibility index (Phi) is 15.5. The Bertz CT molecular complexity index is 1050. The molecule has 0 bridgehead atoms. The first-order valence-corrected chi connectivity index (χ1v) is 14.0. The van der Waals surface area contributed by atoms with Crippen molar-refractivity contribution >= 4 is 35.5 Å². The van der Waals surface area contributed by atoms with Gasteiger partial charge in [0.2, 0.25) is 0 Å². The van der Waals surface area contributed by atoms with Crippen LogP contribution in [-0.4, -0.2) is 31.1 Å². The van der Waals surface area contributed by atoms with Gasteiger partial charge < -0.3 is 10.2 Å². The molecular formula is C30H44Cl2FN3O. The van der Waals surface area contributed by atoms with E-state index in [2.05, 4.69) is 30.2 Å². The lowest BCUT2D eigenvalue weighted by atomic mass is 10.0. The second-order valence-corrected chi connectivity index (χ2v) is 9.59. The van der Waals surface area contributed by atoms with Crippen molar-refractivity contribution in [3.8, 4) is 0 Å². The van der Waals surface area contributed by atoms with Crippen molar-refractivity contribution in [2.75, 3.05) is 20.1 Å². The van der Waals surface area contributed by atoms with E-state index in [1.54, 1.807) is 18.7 Å². The van der Waals surface area contributed by atoms with Crippen LogP contribution in [0.15, 0.2) is 46.6 Å². The van der Waals surface area contributed by atoms with Crippen molar-refractivity contribution in [3.05, 3.63) is 74.3 Å². The Morgan fingerprint density at radius 3 is 2.41 bits per heavy atom. The van der Waals surface area contributed by atoms with Crippen LogP contribution in [0.1, 0.15) is 83.7 Å². The lowest BCUT2D eigenvalue weighted by molar-refractivity contribution is 0.0470. The predicted molar refractivity (Wildman–Crippen MR) is 160 cm³/mol. The van der Waals surface area contributed by atoms with Gasteiger partial charge in [0.1, 0.15) is 5.82 Å². The highest BCUT2D eigenvalue weighted by atomic mass is 35.5. The average molecular weight is 553 g/mol. The van der Waals surface area contributed by atoms with Gasteiger partial charge in [-0.15, -0.1) is 0 Å². The number of hydrogen-bond acceptors (Lipinski definition) is 3. The molecule has 1 atom stereocenters. The second kappa shape index (κ2) is 17.4.